The van der Waals surface area contributed by atoms with Crippen molar-refractivity contribution >= 4 is 30.3 Å². The highest BCUT2D eigenvalue weighted by Crippen LogP contribution is 2.44. The fourth-order valence-electron chi connectivity index (χ4n) is 2.38. The van der Waals surface area contributed by atoms with Crippen molar-refractivity contribution in [3.63, 3.8) is 0 Å². The maximum Gasteiger partial charge on any atom is 0.377 e. The van der Waals surface area contributed by atoms with Crippen molar-refractivity contribution < 1.29 is 23.9 Å². The molecule has 0 aliphatic heterocycles. The van der Waals surface area contributed by atoms with E-state index in [1.165, 1.54) is 6.07 Å². The van der Waals surface area contributed by atoms with Gasteiger partial charge in [-0.3, -0.25) is 4.57 Å². The first-order chi connectivity index (χ1) is 11.2. The van der Waals surface area contributed by atoms with Crippen LogP contribution in [0.2, 0.25) is 0 Å². The molecular weight excluding hydrogens is 351 g/mol. The molecule has 3 atom stereocenters. The van der Waals surface area contributed by atoms with Gasteiger partial charge < -0.3 is 14.5 Å². The zero-order valence-corrected chi connectivity index (χ0v) is 15.3. The predicted octanol–water partition coefficient (Wildman–Crippen LogP) is 2.95. The summed E-state index contributed by atoms with van der Waals surface area (Å²) in [5, 5.41) is 10.6. The SMILES string of the molecule is CCC(c1csc(C(=O)O)n1)C(C)OP(=O)(O)c1cccc(C)n1. The molecule has 0 saturated heterocycles. The Morgan fingerprint density at radius 3 is 2.67 bits per heavy atom. The van der Waals surface area contributed by atoms with Crippen LogP contribution in [0.15, 0.2) is 23.6 Å². The molecule has 0 saturated carbocycles. The smallest absolute Gasteiger partial charge is 0.377 e. The van der Waals surface area contributed by atoms with E-state index in [4.69, 9.17) is 9.63 Å². The van der Waals surface area contributed by atoms with Crippen molar-refractivity contribution in [3.05, 3.63) is 40.0 Å². The van der Waals surface area contributed by atoms with Gasteiger partial charge in [0.15, 0.2) is 5.44 Å². The summed E-state index contributed by atoms with van der Waals surface area (Å²) in [5.41, 5.74) is 1.16. The van der Waals surface area contributed by atoms with Gasteiger partial charge in [-0.15, -0.1) is 11.3 Å². The summed E-state index contributed by atoms with van der Waals surface area (Å²) >= 11 is 1.02. The van der Waals surface area contributed by atoms with Crippen LogP contribution in [0.3, 0.4) is 0 Å². The average molecular weight is 370 g/mol. The number of aryl methyl sites for hydroxylation is 1. The van der Waals surface area contributed by atoms with Crippen LogP contribution in [0.5, 0.6) is 0 Å². The summed E-state index contributed by atoms with van der Waals surface area (Å²) in [7, 11) is -4.08. The van der Waals surface area contributed by atoms with Crippen LogP contribution >= 0.6 is 18.9 Å². The highest BCUT2D eigenvalue weighted by molar-refractivity contribution is 7.61. The van der Waals surface area contributed by atoms with Crippen LogP contribution in [-0.2, 0) is 9.09 Å². The van der Waals surface area contributed by atoms with Gasteiger partial charge >= 0.3 is 13.6 Å². The zero-order chi connectivity index (χ0) is 17.9. The van der Waals surface area contributed by atoms with Crippen molar-refractivity contribution in [1.82, 2.24) is 9.97 Å². The molecule has 2 rings (SSSR count). The van der Waals surface area contributed by atoms with Crippen molar-refractivity contribution in [2.75, 3.05) is 0 Å². The van der Waals surface area contributed by atoms with E-state index >= 15 is 0 Å². The van der Waals surface area contributed by atoms with Crippen molar-refractivity contribution in [3.8, 4) is 0 Å². The minimum atomic E-state index is -4.08. The molecule has 0 aliphatic carbocycles. The lowest BCUT2D eigenvalue weighted by Gasteiger charge is -2.24. The Balaban J connectivity index is 2.20. The predicted molar refractivity (Wildman–Crippen MR) is 91.1 cm³/mol. The Labute approximate surface area is 143 Å². The van der Waals surface area contributed by atoms with Gasteiger partial charge in [0.25, 0.3) is 0 Å². The van der Waals surface area contributed by atoms with Crippen molar-refractivity contribution in [1.29, 1.82) is 0 Å². The number of hydrogen-bond donors (Lipinski definition) is 2. The second-order valence-electron chi connectivity index (χ2n) is 5.37. The number of rotatable bonds is 7. The first kappa shape index (κ1) is 18.7. The van der Waals surface area contributed by atoms with Gasteiger partial charge in [-0.1, -0.05) is 13.0 Å². The largest absolute Gasteiger partial charge is 0.476 e. The molecule has 2 heterocycles. The second kappa shape index (κ2) is 7.53. The third-order valence-corrected chi connectivity index (χ3v) is 5.86. The van der Waals surface area contributed by atoms with Gasteiger partial charge in [-0.25, -0.2) is 14.8 Å². The highest BCUT2D eigenvalue weighted by Gasteiger charge is 2.32. The maximum absolute atomic E-state index is 12.5. The molecule has 0 amide bonds. The van der Waals surface area contributed by atoms with Crippen LogP contribution in [-0.4, -0.2) is 32.0 Å². The van der Waals surface area contributed by atoms with E-state index in [-0.39, 0.29) is 16.4 Å². The quantitative estimate of drug-likeness (QED) is 0.721. The number of aromatic nitrogens is 2. The third-order valence-electron chi connectivity index (χ3n) is 3.56. The van der Waals surface area contributed by atoms with E-state index in [0.29, 0.717) is 17.8 Å². The molecule has 9 heteroatoms. The van der Waals surface area contributed by atoms with Gasteiger partial charge in [0, 0.05) is 17.0 Å². The van der Waals surface area contributed by atoms with Crippen LogP contribution < -0.4 is 5.44 Å². The summed E-state index contributed by atoms with van der Waals surface area (Å²) in [6, 6.07) is 4.82. The molecule has 0 spiro atoms. The first-order valence-electron chi connectivity index (χ1n) is 7.38. The summed E-state index contributed by atoms with van der Waals surface area (Å²) < 4.78 is 17.9. The lowest BCUT2D eigenvalue weighted by Crippen LogP contribution is -2.22. The van der Waals surface area contributed by atoms with Gasteiger partial charge in [-0.2, -0.15) is 0 Å². The molecule has 3 unspecified atom stereocenters. The van der Waals surface area contributed by atoms with E-state index < -0.39 is 19.7 Å². The van der Waals surface area contributed by atoms with E-state index in [2.05, 4.69) is 9.97 Å². The summed E-state index contributed by atoms with van der Waals surface area (Å²) in [5.74, 6) is -1.38. The Hall–Kier alpha value is -1.60. The molecule has 0 bridgehead atoms. The topological polar surface area (TPSA) is 110 Å². The number of hydrogen-bond acceptors (Lipinski definition) is 6. The first-order valence-corrected chi connectivity index (χ1v) is 9.84. The summed E-state index contributed by atoms with van der Waals surface area (Å²) in [6.07, 6.45) is -0.0394. The Bertz CT molecular complexity index is 779. The van der Waals surface area contributed by atoms with Gasteiger partial charge in [0.1, 0.15) is 0 Å². The number of carboxylic acids is 1. The van der Waals surface area contributed by atoms with Gasteiger partial charge in [0.2, 0.25) is 5.01 Å². The molecule has 7 nitrogen and oxygen atoms in total. The molecule has 2 aromatic heterocycles. The molecular formula is C15H19N2O5PS. The summed E-state index contributed by atoms with van der Waals surface area (Å²) in [6.45, 7) is 5.29. The Kier molecular flexibility index (Phi) is 5.87. The number of carbonyl (C=O) groups is 1. The van der Waals surface area contributed by atoms with E-state index in [0.717, 1.165) is 11.3 Å². The van der Waals surface area contributed by atoms with Crippen molar-refractivity contribution in [2.45, 2.75) is 39.2 Å². The highest BCUT2D eigenvalue weighted by atomic mass is 32.1. The maximum atomic E-state index is 12.5. The number of nitrogens with zero attached hydrogens (tertiary/aromatic N) is 2. The van der Waals surface area contributed by atoms with E-state index in [1.54, 1.807) is 31.4 Å². The number of aromatic carboxylic acids is 1. The molecule has 24 heavy (non-hydrogen) atoms. The molecule has 130 valence electrons. The third kappa shape index (κ3) is 4.27. The normalized spacial score (nSPS) is 16.3. The molecule has 0 aromatic carbocycles. The number of pyridine rings is 1. The van der Waals surface area contributed by atoms with Crippen LogP contribution in [0.1, 0.15) is 47.4 Å². The van der Waals surface area contributed by atoms with Gasteiger partial charge in [0.05, 0.1) is 11.8 Å². The number of carboxylic acid groups (broad SMARTS) is 1. The Morgan fingerprint density at radius 2 is 2.12 bits per heavy atom. The molecule has 0 aliphatic rings. The molecule has 2 aromatic rings. The minimum Gasteiger partial charge on any atom is -0.476 e. The standard InChI is InChI=1S/C15H19N2O5PS/c1-4-11(12-8-24-14(17-12)15(18)19)10(3)22-23(20,21)13-7-5-6-9(2)16-13/h5-8,10-11H,4H2,1-3H3,(H,18,19)(H,20,21). The van der Waals surface area contributed by atoms with Crippen molar-refractivity contribution in [2.24, 2.45) is 0 Å². The van der Waals surface area contributed by atoms with Gasteiger partial charge in [-0.05, 0) is 32.4 Å². The molecule has 0 radical (unpaired) electrons. The van der Waals surface area contributed by atoms with Crippen LogP contribution in [0, 0.1) is 6.92 Å². The summed E-state index contributed by atoms with van der Waals surface area (Å²) in [4.78, 5) is 29.3. The fraction of sp³-hybridized carbons (Fsp3) is 0.400. The van der Waals surface area contributed by atoms with E-state index in [1.807, 2.05) is 6.92 Å². The zero-order valence-electron chi connectivity index (χ0n) is 13.5. The van der Waals surface area contributed by atoms with Crippen LogP contribution in [0.4, 0.5) is 0 Å². The Morgan fingerprint density at radius 1 is 1.42 bits per heavy atom. The fourth-order valence-corrected chi connectivity index (χ4v) is 4.36. The number of thiazole rings is 1. The second-order valence-corrected chi connectivity index (χ2v) is 7.93. The monoisotopic (exact) mass is 370 g/mol. The van der Waals surface area contributed by atoms with Crippen LogP contribution in [0.25, 0.3) is 0 Å². The molecule has 2 N–H and O–H groups in total. The minimum absolute atomic E-state index is 0.00583. The lowest BCUT2D eigenvalue weighted by atomic mass is 9.98. The lowest BCUT2D eigenvalue weighted by molar-refractivity contribution is 0.0695. The average Bonchev–Trinajstić information content (AvgIpc) is 2.97. The molecule has 0 fully saturated rings. The van der Waals surface area contributed by atoms with E-state index in [9.17, 15) is 14.3 Å².